The van der Waals surface area contributed by atoms with Gasteiger partial charge in [-0.15, -0.1) is 0 Å². The fourth-order valence-electron chi connectivity index (χ4n) is 4.02. The largest absolute Gasteiger partial charge is 0.496 e. The van der Waals surface area contributed by atoms with Gasteiger partial charge in [-0.3, -0.25) is 4.79 Å². The summed E-state index contributed by atoms with van der Waals surface area (Å²) in [7, 11) is 1.56. The second-order valence-corrected chi connectivity index (χ2v) is 7.44. The van der Waals surface area contributed by atoms with E-state index in [2.05, 4.69) is 9.97 Å². The topological polar surface area (TPSA) is 109 Å². The van der Waals surface area contributed by atoms with Crippen molar-refractivity contribution in [1.29, 1.82) is 0 Å². The van der Waals surface area contributed by atoms with Crippen molar-refractivity contribution in [1.82, 2.24) is 14.5 Å². The summed E-state index contributed by atoms with van der Waals surface area (Å²) < 4.78 is 33.9. The summed E-state index contributed by atoms with van der Waals surface area (Å²) in [5, 5.41) is 0. The highest BCUT2D eigenvalue weighted by Crippen LogP contribution is 2.47. The molecule has 152 valence electrons. The average Bonchev–Trinajstić information content (AvgIpc) is 3.04. The molecule has 1 aliphatic carbocycles. The Labute approximate surface area is 165 Å². The molecule has 4 N–H and O–H groups in total. The van der Waals surface area contributed by atoms with Gasteiger partial charge in [0, 0.05) is 24.4 Å². The number of imidazole rings is 1. The van der Waals surface area contributed by atoms with Gasteiger partial charge in [-0.2, -0.15) is 0 Å². The Balaban J connectivity index is 2.03. The van der Waals surface area contributed by atoms with Gasteiger partial charge in [0.2, 0.25) is 0 Å². The smallest absolute Gasteiger partial charge is 0.269 e. The van der Waals surface area contributed by atoms with E-state index in [-0.39, 0.29) is 24.2 Å². The number of anilines is 1. The highest BCUT2D eigenvalue weighted by Gasteiger charge is 2.47. The molecular weight excluding hydrogens is 380 g/mol. The van der Waals surface area contributed by atoms with E-state index in [4.69, 9.17) is 16.2 Å². The van der Waals surface area contributed by atoms with Crippen molar-refractivity contribution in [3.05, 3.63) is 35.3 Å². The number of carbonyl (C=O) groups excluding carboxylic acids is 1. The van der Waals surface area contributed by atoms with Crippen LogP contribution in [0.3, 0.4) is 0 Å². The molecule has 1 aliphatic rings. The number of nitrogens with two attached hydrogens (primary N) is 2. The molecule has 4 rings (SSSR count). The minimum atomic E-state index is -2.70. The van der Waals surface area contributed by atoms with E-state index in [0.717, 1.165) is 16.7 Å². The van der Waals surface area contributed by atoms with E-state index in [1.807, 2.05) is 26.0 Å². The third kappa shape index (κ3) is 2.88. The van der Waals surface area contributed by atoms with Gasteiger partial charge in [0.15, 0.2) is 11.3 Å². The first-order valence-electron chi connectivity index (χ1n) is 9.13. The van der Waals surface area contributed by atoms with E-state index in [0.29, 0.717) is 22.5 Å². The predicted octanol–water partition coefficient (Wildman–Crippen LogP) is 3.38. The van der Waals surface area contributed by atoms with Crippen LogP contribution in [0.1, 0.15) is 40.5 Å². The molecule has 0 unspecified atom stereocenters. The first-order valence-corrected chi connectivity index (χ1v) is 9.13. The number of fused-ring (bicyclic) bond motifs is 1. The Morgan fingerprint density at radius 2 is 1.97 bits per heavy atom. The van der Waals surface area contributed by atoms with Gasteiger partial charge in [-0.25, -0.2) is 18.7 Å². The standard InChI is InChI=1S/C20H21F2N5O2/c1-9-4-5-12(29-3)10(2)13(9)14-15(23)17(18(24)28)26-19-16(14)25-8-27(19)11-6-20(21,22)7-11/h4-5,8,11H,6-7,23H2,1-3H3,(H2,24,28). The summed E-state index contributed by atoms with van der Waals surface area (Å²) in [4.78, 5) is 20.8. The van der Waals surface area contributed by atoms with Crippen molar-refractivity contribution in [3.8, 4) is 16.9 Å². The van der Waals surface area contributed by atoms with Crippen molar-refractivity contribution < 1.29 is 18.3 Å². The molecule has 7 nitrogen and oxygen atoms in total. The number of pyridine rings is 1. The third-order valence-electron chi connectivity index (χ3n) is 5.54. The van der Waals surface area contributed by atoms with Crippen LogP contribution >= 0.6 is 0 Å². The molecule has 0 spiro atoms. The van der Waals surface area contributed by atoms with Gasteiger partial charge in [0.05, 0.1) is 19.1 Å². The molecule has 1 saturated carbocycles. The molecule has 9 heteroatoms. The van der Waals surface area contributed by atoms with E-state index in [1.165, 1.54) is 6.33 Å². The maximum absolute atomic E-state index is 13.4. The van der Waals surface area contributed by atoms with Gasteiger partial charge >= 0.3 is 0 Å². The molecule has 0 bridgehead atoms. The SMILES string of the molecule is COc1ccc(C)c(-c2c(N)c(C(N)=O)nc3c2ncn3C2CC(F)(F)C2)c1C. The van der Waals surface area contributed by atoms with Crippen LogP contribution in [0, 0.1) is 13.8 Å². The summed E-state index contributed by atoms with van der Waals surface area (Å²) >= 11 is 0. The molecule has 29 heavy (non-hydrogen) atoms. The number of amides is 1. The zero-order valence-corrected chi connectivity index (χ0v) is 16.3. The molecule has 3 aromatic rings. The van der Waals surface area contributed by atoms with Crippen LogP contribution in [0.25, 0.3) is 22.3 Å². The van der Waals surface area contributed by atoms with Gasteiger partial charge in [0.25, 0.3) is 11.8 Å². The number of nitrogen functional groups attached to an aromatic ring is 1. The number of aryl methyl sites for hydroxylation is 1. The molecule has 0 saturated heterocycles. The number of nitrogens with zero attached hydrogens (tertiary/aromatic N) is 3. The van der Waals surface area contributed by atoms with Crippen LogP contribution in [-0.2, 0) is 0 Å². The number of ether oxygens (including phenoxy) is 1. The lowest BCUT2D eigenvalue weighted by atomic mass is 9.88. The minimum absolute atomic E-state index is 0.105. The second-order valence-electron chi connectivity index (χ2n) is 7.44. The van der Waals surface area contributed by atoms with Crippen molar-refractivity contribution in [3.63, 3.8) is 0 Å². The number of alkyl halides is 2. The number of carbonyl (C=O) groups is 1. The Morgan fingerprint density at radius 3 is 2.55 bits per heavy atom. The van der Waals surface area contributed by atoms with E-state index in [9.17, 15) is 13.6 Å². The lowest BCUT2D eigenvalue weighted by Gasteiger charge is -2.35. The number of aromatic nitrogens is 3. The first-order chi connectivity index (χ1) is 13.6. The number of rotatable bonds is 4. The number of halogens is 2. The molecule has 0 atom stereocenters. The molecule has 2 aromatic heterocycles. The van der Waals surface area contributed by atoms with Crippen molar-refractivity contribution in [2.75, 3.05) is 12.8 Å². The number of hydrogen-bond donors (Lipinski definition) is 2. The highest BCUT2D eigenvalue weighted by atomic mass is 19.3. The average molecular weight is 401 g/mol. The second kappa shape index (κ2) is 6.40. The van der Waals surface area contributed by atoms with E-state index < -0.39 is 17.9 Å². The predicted molar refractivity (Wildman–Crippen MR) is 105 cm³/mol. The molecule has 2 heterocycles. The first kappa shape index (κ1) is 19.1. The molecule has 1 amide bonds. The van der Waals surface area contributed by atoms with Gasteiger partial charge in [-0.05, 0) is 36.6 Å². The van der Waals surface area contributed by atoms with Crippen LogP contribution in [0.4, 0.5) is 14.5 Å². The number of hydrogen-bond acceptors (Lipinski definition) is 5. The monoisotopic (exact) mass is 401 g/mol. The van der Waals surface area contributed by atoms with Crippen LogP contribution in [-0.4, -0.2) is 33.5 Å². The fourth-order valence-corrected chi connectivity index (χ4v) is 4.02. The Morgan fingerprint density at radius 1 is 1.28 bits per heavy atom. The van der Waals surface area contributed by atoms with Crippen LogP contribution in [0.2, 0.25) is 0 Å². The lowest BCUT2D eigenvalue weighted by Crippen LogP contribution is -2.36. The Hall–Kier alpha value is -3.23. The van der Waals surface area contributed by atoms with Crippen LogP contribution in [0.5, 0.6) is 5.75 Å². The quantitative estimate of drug-likeness (QED) is 0.697. The number of primary amides is 1. The summed E-state index contributed by atoms with van der Waals surface area (Å²) in [6.07, 6.45) is 0.863. The van der Waals surface area contributed by atoms with Crippen molar-refractivity contribution >= 4 is 22.8 Å². The Kier molecular flexibility index (Phi) is 4.21. The molecule has 0 radical (unpaired) electrons. The summed E-state index contributed by atoms with van der Waals surface area (Å²) in [6, 6.07) is 3.26. The normalized spacial score (nSPS) is 16.0. The molecule has 1 fully saturated rings. The van der Waals surface area contributed by atoms with Crippen LogP contribution in [0.15, 0.2) is 18.5 Å². The summed E-state index contributed by atoms with van der Waals surface area (Å²) in [6.45, 7) is 3.78. The maximum atomic E-state index is 13.4. The molecule has 0 aliphatic heterocycles. The summed E-state index contributed by atoms with van der Waals surface area (Å²) in [5.41, 5.74) is 15.5. The Bertz CT molecular complexity index is 1150. The number of benzene rings is 1. The highest BCUT2D eigenvalue weighted by molar-refractivity contribution is 6.07. The molecule has 1 aromatic carbocycles. The minimum Gasteiger partial charge on any atom is -0.496 e. The van der Waals surface area contributed by atoms with Crippen molar-refractivity contribution in [2.45, 2.75) is 38.7 Å². The van der Waals surface area contributed by atoms with E-state index in [1.54, 1.807) is 11.7 Å². The van der Waals surface area contributed by atoms with E-state index >= 15 is 0 Å². The van der Waals surface area contributed by atoms with Gasteiger partial charge in [0.1, 0.15) is 11.3 Å². The van der Waals surface area contributed by atoms with Gasteiger partial charge < -0.3 is 20.8 Å². The molecular formula is C20H21F2N5O2. The van der Waals surface area contributed by atoms with Crippen molar-refractivity contribution in [2.24, 2.45) is 5.73 Å². The van der Waals surface area contributed by atoms with Gasteiger partial charge in [-0.1, -0.05) is 6.07 Å². The lowest BCUT2D eigenvalue weighted by molar-refractivity contribution is -0.103. The number of methoxy groups -OCH3 is 1. The van der Waals surface area contributed by atoms with Crippen LogP contribution < -0.4 is 16.2 Å². The fraction of sp³-hybridized carbons (Fsp3) is 0.350. The zero-order valence-electron chi connectivity index (χ0n) is 16.3. The third-order valence-corrected chi connectivity index (χ3v) is 5.54. The maximum Gasteiger partial charge on any atom is 0.269 e. The summed E-state index contributed by atoms with van der Waals surface area (Å²) in [5.74, 6) is -2.85. The zero-order chi connectivity index (χ0) is 21.1.